The van der Waals surface area contributed by atoms with Crippen LogP contribution in [-0.4, -0.2) is 17.9 Å². The number of hydrogen-bond acceptors (Lipinski definition) is 4. The highest BCUT2D eigenvalue weighted by molar-refractivity contribution is 6.35. The van der Waals surface area contributed by atoms with Crippen LogP contribution in [0.5, 0.6) is 0 Å². The number of imide groups is 1. The van der Waals surface area contributed by atoms with Crippen LogP contribution < -0.4 is 9.96 Å². The number of benzene rings is 3. The molecule has 2 heterocycles. The molecule has 5 rings (SSSR count). The first-order valence-electron chi connectivity index (χ1n) is 9.86. The Morgan fingerprint density at radius 1 is 0.839 bits per heavy atom. The lowest BCUT2D eigenvalue weighted by atomic mass is 9.90. The van der Waals surface area contributed by atoms with Crippen molar-refractivity contribution >= 4 is 46.4 Å². The number of rotatable bonds is 3. The number of anilines is 2. The van der Waals surface area contributed by atoms with Crippen LogP contribution in [0.15, 0.2) is 72.8 Å². The van der Waals surface area contributed by atoms with Gasteiger partial charge in [0.1, 0.15) is 5.92 Å². The molecule has 0 unspecified atom stereocenters. The van der Waals surface area contributed by atoms with E-state index in [2.05, 4.69) is 0 Å². The van der Waals surface area contributed by atoms with Crippen molar-refractivity contribution in [3.05, 3.63) is 94.0 Å². The SMILES string of the molecule is Cc1ccc(N2C(=O)[C@@H]3[C@H](ON(c4ccccc4)[C@@H]3c3ccc(Cl)cc3Cl)C2=O)cc1. The highest BCUT2D eigenvalue weighted by Gasteiger charge is 2.60. The molecule has 3 aromatic carbocycles. The molecule has 0 spiro atoms. The van der Waals surface area contributed by atoms with Gasteiger partial charge in [0.25, 0.3) is 5.91 Å². The largest absolute Gasteiger partial charge is 0.273 e. The van der Waals surface area contributed by atoms with Crippen molar-refractivity contribution in [3.63, 3.8) is 0 Å². The zero-order chi connectivity index (χ0) is 21.7. The Kier molecular flexibility index (Phi) is 4.97. The van der Waals surface area contributed by atoms with Gasteiger partial charge in [-0.1, -0.05) is 65.2 Å². The number of hydrogen-bond donors (Lipinski definition) is 0. The van der Waals surface area contributed by atoms with Crippen molar-refractivity contribution in [2.45, 2.75) is 19.1 Å². The van der Waals surface area contributed by atoms with E-state index in [4.69, 9.17) is 28.0 Å². The van der Waals surface area contributed by atoms with Crippen molar-refractivity contribution < 1.29 is 14.4 Å². The highest BCUT2D eigenvalue weighted by Crippen LogP contribution is 2.49. The van der Waals surface area contributed by atoms with Crippen molar-refractivity contribution in [1.82, 2.24) is 0 Å². The first kappa shape index (κ1) is 20.1. The zero-order valence-corrected chi connectivity index (χ0v) is 18.0. The molecule has 156 valence electrons. The summed E-state index contributed by atoms with van der Waals surface area (Å²) in [6.45, 7) is 1.95. The van der Waals surface area contributed by atoms with Gasteiger partial charge in [-0.05, 0) is 48.9 Å². The maximum Gasteiger partial charge on any atom is 0.266 e. The van der Waals surface area contributed by atoms with Gasteiger partial charge in [-0.15, -0.1) is 0 Å². The second-order valence-electron chi connectivity index (χ2n) is 7.67. The molecule has 2 saturated heterocycles. The molecule has 0 saturated carbocycles. The number of amides is 2. The summed E-state index contributed by atoms with van der Waals surface area (Å²) in [5.74, 6) is -1.44. The Balaban J connectivity index is 1.61. The summed E-state index contributed by atoms with van der Waals surface area (Å²) in [5.41, 5.74) is 2.98. The van der Waals surface area contributed by atoms with Gasteiger partial charge in [-0.3, -0.25) is 14.4 Å². The highest BCUT2D eigenvalue weighted by atomic mass is 35.5. The number of hydroxylamine groups is 1. The van der Waals surface area contributed by atoms with E-state index in [0.29, 0.717) is 21.3 Å². The van der Waals surface area contributed by atoms with E-state index in [-0.39, 0.29) is 11.8 Å². The van der Waals surface area contributed by atoms with E-state index in [9.17, 15) is 9.59 Å². The lowest BCUT2D eigenvalue weighted by molar-refractivity contribution is -0.126. The van der Waals surface area contributed by atoms with Gasteiger partial charge in [0.05, 0.1) is 17.4 Å². The lowest BCUT2D eigenvalue weighted by Crippen LogP contribution is -2.37. The fourth-order valence-electron chi connectivity index (χ4n) is 4.22. The number of carbonyl (C=O) groups is 2. The van der Waals surface area contributed by atoms with Crippen LogP contribution in [-0.2, 0) is 14.4 Å². The minimum absolute atomic E-state index is 0.312. The van der Waals surface area contributed by atoms with Crippen LogP contribution in [0.25, 0.3) is 0 Å². The molecule has 5 nitrogen and oxygen atoms in total. The summed E-state index contributed by atoms with van der Waals surface area (Å²) in [6, 6.07) is 21.2. The fourth-order valence-corrected chi connectivity index (χ4v) is 4.74. The van der Waals surface area contributed by atoms with Crippen LogP contribution in [0.2, 0.25) is 10.0 Å². The zero-order valence-electron chi connectivity index (χ0n) is 16.5. The third-order valence-electron chi connectivity index (χ3n) is 5.70. The number of carbonyl (C=O) groups excluding carboxylic acids is 2. The van der Waals surface area contributed by atoms with Crippen LogP contribution >= 0.6 is 23.2 Å². The number of nitrogens with zero attached hydrogens (tertiary/aromatic N) is 2. The van der Waals surface area contributed by atoms with Gasteiger partial charge in [0.2, 0.25) is 5.91 Å². The van der Waals surface area contributed by atoms with Crippen molar-refractivity contribution in [1.29, 1.82) is 0 Å². The van der Waals surface area contributed by atoms with E-state index in [1.165, 1.54) is 4.90 Å². The van der Waals surface area contributed by atoms with Crippen molar-refractivity contribution in [2.24, 2.45) is 5.92 Å². The third-order valence-corrected chi connectivity index (χ3v) is 6.26. The molecule has 2 fully saturated rings. The molecular weight excluding hydrogens is 435 g/mol. The Morgan fingerprint density at radius 3 is 2.23 bits per heavy atom. The molecule has 2 aliphatic rings. The summed E-state index contributed by atoms with van der Waals surface area (Å²) in [6.07, 6.45) is -0.939. The summed E-state index contributed by atoms with van der Waals surface area (Å²) in [4.78, 5) is 34.2. The molecule has 0 aromatic heterocycles. The maximum atomic E-state index is 13.6. The Hall–Kier alpha value is -2.86. The molecule has 2 aliphatic heterocycles. The van der Waals surface area contributed by atoms with Crippen LogP contribution in [0.1, 0.15) is 17.2 Å². The molecule has 3 aromatic rings. The molecule has 0 bridgehead atoms. The smallest absolute Gasteiger partial charge is 0.266 e. The standard InChI is InChI=1S/C24H18Cl2N2O3/c1-14-7-10-16(11-8-14)27-23(29)20-21(18-12-9-15(25)13-19(18)26)28(31-22(20)24(27)30)17-5-3-2-4-6-17/h2-13,20-22H,1H3/t20-,21+,22-/m0/s1. The Morgan fingerprint density at radius 2 is 1.55 bits per heavy atom. The minimum Gasteiger partial charge on any atom is -0.273 e. The molecular formula is C24H18Cl2N2O3. The summed E-state index contributed by atoms with van der Waals surface area (Å²) >= 11 is 12.6. The van der Waals surface area contributed by atoms with Gasteiger partial charge in [-0.25, -0.2) is 9.96 Å². The molecule has 3 atom stereocenters. The van der Waals surface area contributed by atoms with Crippen LogP contribution in [0.4, 0.5) is 11.4 Å². The minimum atomic E-state index is -0.939. The van der Waals surface area contributed by atoms with Gasteiger partial charge in [-0.2, -0.15) is 0 Å². The quantitative estimate of drug-likeness (QED) is 0.502. The van der Waals surface area contributed by atoms with E-state index >= 15 is 0 Å². The predicted octanol–water partition coefficient (Wildman–Crippen LogP) is 5.35. The molecule has 31 heavy (non-hydrogen) atoms. The van der Waals surface area contributed by atoms with Crippen molar-refractivity contribution in [3.8, 4) is 0 Å². The Bertz CT molecular complexity index is 1170. The summed E-state index contributed by atoms with van der Waals surface area (Å²) in [5, 5.41) is 2.52. The molecule has 0 radical (unpaired) electrons. The second-order valence-corrected chi connectivity index (χ2v) is 8.51. The fraction of sp³-hybridized carbons (Fsp3) is 0.167. The molecule has 0 aliphatic carbocycles. The third kappa shape index (κ3) is 3.30. The van der Waals surface area contributed by atoms with Crippen LogP contribution in [0, 0.1) is 12.8 Å². The van der Waals surface area contributed by atoms with Crippen LogP contribution in [0.3, 0.4) is 0 Å². The van der Waals surface area contributed by atoms with Gasteiger partial charge < -0.3 is 0 Å². The normalized spacial score (nSPS) is 22.9. The van der Waals surface area contributed by atoms with E-state index in [1.807, 2.05) is 49.4 Å². The van der Waals surface area contributed by atoms with Crippen molar-refractivity contribution in [2.75, 3.05) is 9.96 Å². The summed E-state index contributed by atoms with van der Waals surface area (Å²) < 4.78 is 0. The molecule has 2 amide bonds. The number of aryl methyl sites for hydroxylation is 1. The van der Waals surface area contributed by atoms with E-state index in [1.54, 1.807) is 35.4 Å². The average molecular weight is 453 g/mol. The van der Waals surface area contributed by atoms with Gasteiger partial charge in [0.15, 0.2) is 6.10 Å². The topological polar surface area (TPSA) is 49.9 Å². The predicted molar refractivity (Wildman–Crippen MR) is 120 cm³/mol. The van der Waals surface area contributed by atoms with E-state index in [0.717, 1.165) is 11.3 Å². The number of halogens is 2. The number of para-hydroxylation sites is 1. The molecule has 0 N–H and O–H groups in total. The average Bonchev–Trinajstić information content (AvgIpc) is 3.26. The van der Waals surface area contributed by atoms with Gasteiger partial charge >= 0.3 is 0 Å². The molecule has 7 heteroatoms. The first-order chi connectivity index (χ1) is 15.0. The summed E-state index contributed by atoms with van der Waals surface area (Å²) in [7, 11) is 0. The number of fused-ring (bicyclic) bond motifs is 1. The first-order valence-corrected chi connectivity index (χ1v) is 10.6. The second kappa shape index (κ2) is 7.68. The monoisotopic (exact) mass is 452 g/mol. The van der Waals surface area contributed by atoms with E-state index < -0.39 is 18.1 Å². The lowest BCUT2D eigenvalue weighted by Gasteiger charge is -2.29. The van der Waals surface area contributed by atoms with Gasteiger partial charge in [0, 0.05) is 10.0 Å². The Labute approximate surface area is 189 Å². The maximum absolute atomic E-state index is 13.6.